The fourth-order valence-electron chi connectivity index (χ4n) is 1.97. The fraction of sp³-hybridized carbons (Fsp3) is 0.188. The van der Waals surface area contributed by atoms with Gasteiger partial charge in [-0.1, -0.05) is 41.4 Å². The Hall–Kier alpha value is -1.55. The maximum absolute atomic E-state index is 12.2. The van der Waals surface area contributed by atoms with Crippen LogP contribution in [0.3, 0.4) is 0 Å². The number of anilines is 1. The largest absolute Gasteiger partial charge is 0.328 e. The molecular weight excluding hydrogens is 307 g/mol. The first-order valence-electron chi connectivity index (χ1n) is 6.57. The standard InChI is InChI=1S/C16H16Cl2N2O/c1-10(19)9-11-5-7-12(8-6-11)16(21)20-15-13(17)3-2-4-14(15)18/h2-8,10H,9,19H2,1H3,(H,20,21). The molecule has 1 unspecified atom stereocenters. The molecule has 0 saturated carbocycles. The molecule has 0 spiro atoms. The van der Waals surface area contributed by atoms with Crippen LogP contribution < -0.4 is 11.1 Å². The highest BCUT2D eigenvalue weighted by Crippen LogP contribution is 2.30. The van der Waals surface area contributed by atoms with Crippen molar-refractivity contribution in [2.45, 2.75) is 19.4 Å². The number of carbonyl (C=O) groups excluding carboxylic acids is 1. The number of hydrogen-bond acceptors (Lipinski definition) is 2. The normalized spacial score (nSPS) is 12.0. The second-order valence-corrected chi connectivity index (χ2v) is 5.74. The highest BCUT2D eigenvalue weighted by atomic mass is 35.5. The number of rotatable bonds is 4. The van der Waals surface area contributed by atoms with Crippen molar-refractivity contribution in [1.82, 2.24) is 0 Å². The lowest BCUT2D eigenvalue weighted by atomic mass is 10.1. The van der Waals surface area contributed by atoms with E-state index < -0.39 is 0 Å². The van der Waals surface area contributed by atoms with Gasteiger partial charge in [-0.25, -0.2) is 0 Å². The lowest BCUT2D eigenvalue weighted by Gasteiger charge is -2.10. The minimum atomic E-state index is -0.252. The predicted octanol–water partition coefficient (Wildman–Crippen LogP) is 4.14. The molecule has 2 aromatic carbocycles. The van der Waals surface area contributed by atoms with Crippen molar-refractivity contribution in [3.63, 3.8) is 0 Å². The molecule has 21 heavy (non-hydrogen) atoms. The average Bonchev–Trinajstić information content (AvgIpc) is 2.43. The van der Waals surface area contributed by atoms with Crippen LogP contribution in [0.15, 0.2) is 42.5 Å². The summed E-state index contributed by atoms with van der Waals surface area (Å²) in [5, 5.41) is 3.54. The smallest absolute Gasteiger partial charge is 0.255 e. The third kappa shape index (κ3) is 4.21. The van der Waals surface area contributed by atoms with Crippen molar-refractivity contribution >= 4 is 34.8 Å². The maximum atomic E-state index is 12.2. The van der Waals surface area contributed by atoms with Gasteiger partial charge >= 0.3 is 0 Å². The topological polar surface area (TPSA) is 55.1 Å². The van der Waals surface area contributed by atoms with E-state index in [4.69, 9.17) is 28.9 Å². The third-order valence-corrected chi connectivity index (χ3v) is 3.61. The van der Waals surface area contributed by atoms with Gasteiger partial charge < -0.3 is 11.1 Å². The van der Waals surface area contributed by atoms with Crippen LogP contribution in [-0.2, 0) is 6.42 Å². The second-order valence-electron chi connectivity index (χ2n) is 4.93. The molecule has 3 nitrogen and oxygen atoms in total. The molecule has 0 aliphatic carbocycles. The van der Waals surface area contributed by atoms with E-state index in [2.05, 4.69) is 5.32 Å². The quantitative estimate of drug-likeness (QED) is 0.888. The van der Waals surface area contributed by atoms with Crippen LogP contribution in [0.5, 0.6) is 0 Å². The summed E-state index contributed by atoms with van der Waals surface area (Å²) in [7, 11) is 0. The number of nitrogens with two attached hydrogens (primary N) is 1. The Bertz CT molecular complexity index is 619. The lowest BCUT2D eigenvalue weighted by Crippen LogP contribution is -2.18. The summed E-state index contributed by atoms with van der Waals surface area (Å²) in [6.45, 7) is 1.94. The van der Waals surface area contributed by atoms with E-state index in [-0.39, 0.29) is 11.9 Å². The summed E-state index contributed by atoms with van der Waals surface area (Å²) in [6, 6.07) is 12.5. The molecule has 5 heteroatoms. The molecule has 0 heterocycles. The van der Waals surface area contributed by atoms with Gasteiger partial charge in [0, 0.05) is 11.6 Å². The molecule has 3 N–H and O–H groups in total. The van der Waals surface area contributed by atoms with Crippen LogP contribution in [0.4, 0.5) is 5.69 Å². The number of benzene rings is 2. The van der Waals surface area contributed by atoms with Crippen molar-refractivity contribution in [3.05, 3.63) is 63.6 Å². The molecule has 0 aliphatic rings. The van der Waals surface area contributed by atoms with E-state index in [9.17, 15) is 4.79 Å². The monoisotopic (exact) mass is 322 g/mol. The van der Waals surface area contributed by atoms with Gasteiger partial charge in [-0.05, 0) is 43.2 Å². The zero-order valence-corrected chi connectivity index (χ0v) is 13.1. The van der Waals surface area contributed by atoms with Crippen LogP contribution in [0, 0.1) is 0 Å². The van der Waals surface area contributed by atoms with Gasteiger partial charge in [0.25, 0.3) is 5.91 Å². The summed E-state index contributed by atoms with van der Waals surface area (Å²) in [5.41, 5.74) is 7.81. The highest BCUT2D eigenvalue weighted by Gasteiger charge is 2.11. The summed E-state index contributed by atoms with van der Waals surface area (Å²) in [4.78, 5) is 12.2. The number of nitrogens with one attached hydrogen (secondary N) is 1. The molecule has 0 bridgehead atoms. The third-order valence-electron chi connectivity index (χ3n) is 2.98. The van der Waals surface area contributed by atoms with Crippen LogP contribution in [0.1, 0.15) is 22.8 Å². The highest BCUT2D eigenvalue weighted by molar-refractivity contribution is 6.40. The first-order valence-corrected chi connectivity index (χ1v) is 7.33. The zero-order valence-electron chi connectivity index (χ0n) is 11.6. The first kappa shape index (κ1) is 15.8. The fourth-order valence-corrected chi connectivity index (χ4v) is 2.46. The Balaban J connectivity index is 2.13. The molecule has 1 amide bonds. The van der Waals surface area contributed by atoms with E-state index in [0.717, 1.165) is 12.0 Å². The molecule has 0 aliphatic heterocycles. The van der Waals surface area contributed by atoms with Gasteiger partial charge in [0.1, 0.15) is 0 Å². The van der Waals surface area contributed by atoms with Crippen molar-refractivity contribution in [1.29, 1.82) is 0 Å². The SMILES string of the molecule is CC(N)Cc1ccc(C(=O)Nc2c(Cl)cccc2Cl)cc1. The van der Waals surface area contributed by atoms with Crippen LogP contribution in [0.2, 0.25) is 10.0 Å². The summed E-state index contributed by atoms with van der Waals surface area (Å²) in [5.74, 6) is -0.252. The molecule has 1 atom stereocenters. The molecule has 0 radical (unpaired) electrons. The molecule has 0 fully saturated rings. The summed E-state index contributed by atoms with van der Waals surface area (Å²) >= 11 is 12.1. The Morgan fingerprint density at radius 1 is 1.14 bits per heavy atom. The van der Waals surface area contributed by atoms with Gasteiger partial charge in [0.2, 0.25) is 0 Å². The van der Waals surface area contributed by atoms with E-state index in [0.29, 0.717) is 21.3 Å². The molecule has 2 aromatic rings. The lowest BCUT2D eigenvalue weighted by molar-refractivity contribution is 0.102. The number of amides is 1. The van der Waals surface area contributed by atoms with Gasteiger partial charge in [-0.2, -0.15) is 0 Å². The average molecular weight is 323 g/mol. The molecule has 0 aromatic heterocycles. The van der Waals surface area contributed by atoms with Gasteiger partial charge in [-0.15, -0.1) is 0 Å². The van der Waals surface area contributed by atoms with Crippen LogP contribution >= 0.6 is 23.2 Å². The van der Waals surface area contributed by atoms with Gasteiger partial charge in [0.15, 0.2) is 0 Å². The Labute approximate surface area is 134 Å². The zero-order chi connectivity index (χ0) is 15.4. The van der Waals surface area contributed by atoms with Crippen molar-refractivity contribution in [2.24, 2.45) is 5.73 Å². The van der Waals surface area contributed by atoms with Crippen molar-refractivity contribution in [3.8, 4) is 0 Å². The second kappa shape index (κ2) is 6.94. The Kier molecular flexibility index (Phi) is 5.23. The van der Waals surface area contributed by atoms with Gasteiger partial charge in [-0.3, -0.25) is 4.79 Å². The van der Waals surface area contributed by atoms with E-state index in [1.165, 1.54) is 0 Å². The van der Waals surface area contributed by atoms with Gasteiger partial charge in [0.05, 0.1) is 15.7 Å². The molecule has 0 saturated heterocycles. The maximum Gasteiger partial charge on any atom is 0.255 e. The van der Waals surface area contributed by atoms with E-state index >= 15 is 0 Å². The van der Waals surface area contributed by atoms with E-state index in [1.54, 1.807) is 30.3 Å². The summed E-state index contributed by atoms with van der Waals surface area (Å²) < 4.78 is 0. The predicted molar refractivity (Wildman–Crippen MR) is 88.2 cm³/mol. The number of hydrogen-bond donors (Lipinski definition) is 2. The molecule has 2 rings (SSSR count). The Morgan fingerprint density at radius 2 is 1.71 bits per heavy atom. The minimum absolute atomic E-state index is 0.0895. The molecule has 110 valence electrons. The minimum Gasteiger partial charge on any atom is -0.328 e. The van der Waals surface area contributed by atoms with Crippen LogP contribution in [0.25, 0.3) is 0 Å². The summed E-state index contributed by atoms with van der Waals surface area (Å²) in [6.07, 6.45) is 0.776. The van der Waals surface area contributed by atoms with Crippen LogP contribution in [-0.4, -0.2) is 11.9 Å². The number of carbonyl (C=O) groups is 1. The van der Waals surface area contributed by atoms with Crippen molar-refractivity contribution in [2.75, 3.05) is 5.32 Å². The molecular formula is C16H16Cl2N2O. The first-order chi connectivity index (χ1) is 9.97. The number of para-hydroxylation sites is 1. The van der Waals surface area contributed by atoms with E-state index in [1.807, 2.05) is 19.1 Å². The van der Waals surface area contributed by atoms with Crippen molar-refractivity contribution < 1.29 is 4.79 Å². The Morgan fingerprint density at radius 3 is 2.24 bits per heavy atom. The number of halogens is 2.